The smallest absolute Gasteiger partial charge is 0.307 e. The predicted molar refractivity (Wildman–Crippen MR) is 63.1 cm³/mol. The maximum absolute atomic E-state index is 10.6. The number of aliphatic carboxylic acids is 1. The molecule has 1 unspecified atom stereocenters. The van der Waals surface area contributed by atoms with Crippen LogP contribution in [0.3, 0.4) is 0 Å². The Balaban J connectivity index is 2.77. The Morgan fingerprint density at radius 3 is 2.81 bits per heavy atom. The predicted octanol–water partition coefficient (Wildman–Crippen LogP) is 3.28. The van der Waals surface area contributed by atoms with Gasteiger partial charge in [-0.05, 0) is 31.0 Å². The number of carboxylic acids is 1. The van der Waals surface area contributed by atoms with Crippen LogP contribution in [-0.4, -0.2) is 17.2 Å². The second-order valence-electron chi connectivity index (χ2n) is 3.68. The minimum absolute atomic E-state index is 0.0131. The lowest BCUT2D eigenvalue weighted by Gasteiger charge is -2.16. The zero-order valence-corrected chi connectivity index (χ0v) is 10.1. The van der Waals surface area contributed by atoms with Crippen LogP contribution in [-0.2, 0) is 4.79 Å². The van der Waals surface area contributed by atoms with Crippen molar-refractivity contribution in [2.75, 3.05) is 0 Å². The summed E-state index contributed by atoms with van der Waals surface area (Å²) in [6, 6.07) is 5.44. The van der Waals surface area contributed by atoms with Crippen LogP contribution in [0.4, 0.5) is 0 Å². The van der Waals surface area contributed by atoms with Crippen molar-refractivity contribution in [3.8, 4) is 5.75 Å². The van der Waals surface area contributed by atoms with Gasteiger partial charge in [-0.25, -0.2) is 0 Å². The number of benzene rings is 1. The van der Waals surface area contributed by atoms with Crippen molar-refractivity contribution in [3.63, 3.8) is 0 Å². The quantitative estimate of drug-likeness (QED) is 0.862. The number of carbonyl (C=O) groups is 1. The van der Waals surface area contributed by atoms with E-state index in [4.69, 9.17) is 21.4 Å². The number of rotatable bonds is 5. The molecule has 0 saturated heterocycles. The molecule has 0 aliphatic heterocycles. The molecule has 1 N–H and O–H groups in total. The lowest BCUT2D eigenvalue weighted by Crippen LogP contribution is -2.19. The van der Waals surface area contributed by atoms with Crippen LogP contribution in [0, 0.1) is 6.92 Å². The van der Waals surface area contributed by atoms with Crippen molar-refractivity contribution < 1.29 is 14.6 Å². The van der Waals surface area contributed by atoms with Gasteiger partial charge < -0.3 is 9.84 Å². The minimum Gasteiger partial charge on any atom is -0.488 e. The zero-order valence-electron chi connectivity index (χ0n) is 9.37. The molecule has 0 aliphatic rings. The first-order valence-electron chi connectivity index (χ1n) is 5.17. The molecule has 1 rings (SSSR count). The van der Waals surface area contributed by atoms with Crippen molar-refractivity contribution in [3.05, 3.63) is 28.8 Å². The van der Waals surface area contributed by atoms with E-state index in [1.165, 1.54) is 0 Å². The van der Waals surface area contributed by atoms with Crippen molar-refractivity contribution in [2.24, 2.45) is 0 Å². The Hall–Kier alpha value is -1.22. The van der Waals surface area contributed by atoms with Gasteiger partial charge in [0.1, 0.15) is 11.9 Å². The average molecular weight is 243 g/mol. The highest BCUT2D eigenvalue weighted by Crippen LogP contribution is 2.27. The third-order valence-electron chi connectivity index (χ3n) is 2.24. The maximum Gasteiger partial charge on any atom is 0.307 e. The van der Waals surface area contributed by atoms with E-state index in [2.05, 4.69) is 0 Å². The Morgan fingerprint density at radius 2 is 2.25 bits per heavy atom. The van der Waals surface area contributed by atoms with E-state index in [9.17, 15) is 4.79 Å². The molecule has 16 heavy (non-hydrogen) atoms. The largest absolute Gasteiger partial charge is 0.488 e. The summed E-state index contributed by atoms with van der Waals surface area (Å²) >= 11 is 5.96. The summed E-state index contributed by atoms with van der Waals surface area (Å²) in [6.45, 7) is 3.82. The lowest BCUT2D eigenvalue weighted by molar-refractivity contribution is -0.138. The monoisotopic (exact) mass is 242 g/mol. The lowest BCUT2D eigenvalue weighted by atomic mass is 10.2. The number of hydrogen-bond donors (Lipinski definition) is 1. The highest BCUT2D eigenvalue weighted by Gasteiger charge is 2.14. The third kappa shape index (κ3) is 3.74. The van der Waals surface area contributed by atoms with E-state index < -0.39 is 5.97 Å². The van der Waals surface area contributed by atoms with E-state index in [1.807, 2.05) is 26.0 Å². The second kappa shape index (κ2) is 5.75. The van der Waals surface area contributed by atoms with Gasteiger partial charge in [-0.3, -0.25) is 4.79 Å². The molecule has 0 heterocycles. The van der Waals surface area contributed by atoms with Gasteiger partial charge in [0.2, 0.25) is 0 Å². The van der Waals surface area contributed by atoms with E-state index >= 15 is 0 Å². The highest BCUT2D eigenvalue weighted by atomic mass is 35.5. The van der Waals surface area contributed by atoms with Crippen molar-refractivity contribution >= 4 is 17.6 Å². The first-order chi connectivity index (χ1) is 7.52. The first kappa shape index (κ1) is 12.8. The van der Waals surface area contributed by atoms with Gasteiger partial charge in [-0.2, -0.15) is 0 Å². The summed E-state index contributed by atoms with van der Waals surface area (Å²) in [5, 5.41) is 9.21. The van der Waals surface area contributed by atoms with E-state index in [1.54, 1.807) is 6.07 Å². The molecule has 88 valence electrons. The number of carboxylic acid groups (broad SMARTS) is 1. The van der Waals surface area contributed by atoms with Crippen LogP contribution in [0.2, 0.25) is 5.02 Å². The van der Waals surface area contributed by atoms with Gasteiger partial charge in [-0.1, -0.05) is 24.6 Å². The Bertz CT molecular complexity index is 377. The summed E-state index contributed by atoms with van der Waals surface area (Å²) in [5.74, 6) is -0.314. The fourth-order valence-electron chi connectivity index (χ4n) is 1.34. The molecule has 0 spiro atoms. The Labute approximate surface area is 100.0 Å². The standard InChI is InChI=1S/C12H15ClO3/c1-3-9(7-12(14)15)16-11-6-8(2)4-5-10(11)13/h4-6,9H,3,7H2,1-2H3,(H,14,15). The zero-order chi connectivity index (χ0) is 12.1. The Morgan fingerprint density at radius 1 is 1.56 bits per heavy atom. The Kier molecular flexibility index (Phi) is 4.62. The molecule has 0 bridgehead atoms. The van der Waals surface area contributed by atoms with E-state index in [-0.39, 0.29) is 12.5 Å². The molecule has 4 heteroatoms. The van der Waals surface area contributed by atoms with Gasteiger partial charge in [0.15, 0.2) is 0 Å². The number of aryl methyl sites for hydroxylation is 1. The molecule has 1 aromatic carbocycles. The van der Waals surface area contributed by atoms with Crippen molar-refractivity contribution in [1.29, 1.82) is 0 Å². The van der Waals surface area contributed by atoms with Crippen molar-refractivity contribution in [2.45, 2.75) is 32.8 Å². The van der Waals surface area contributed by atoms with Gasteiger partial charge in [0.25, 0.3) is 0 Å². The molecular formula is C12H15ClO3. The fourth-order valence-corrected chi connectivity index (χ4v) is 1.51. The first-order valence-corrected chi connectivity index (χ1v) is 5.55. The highest BCUT2D eigenvalue weighted by molar-refractivity contribution is 6.32. The van der Waals surface area contributed by atoms with E-state index in [0.717, 1.165) is 5.56 Å². The third-order valence-corrected chi connectivity index (χ3v) is 2.55. The second-order valence-corrected chi connectivity index (χ2v) is 4.09. The van der Waals surface area contributed by atoms with Crippen LogP contribution in [0.15, 0.2) is 18.2 Å². The fraction of sp³-hybridized carbons (Fsp3) is 0.417. The summed E-state index contributed by atoms with van der Waals surface area (Å²) < 4.78 is 5.57. The molecular weight excluding hydrogens is 228 g/mol. The molecule has 1 atom stereocenters. The normalized spacial score (nSPS) is 12.2. The van der Waals surface area contributed by atoms with E-state index in [0.29, 0.717) is 17.2 Å². The minimum atomic E-state index is -0.865. The van der Waals surface area contributed by atoms with Gasteiger partial charge in [-0.15, -0.1) is 0 Å². The molecule has 0 aromatic heterocycles. The number of halogens is 1. The summed E-state index contributed by atoms with van der Waals surface area (Å²) in [6.07, 6.45) is 0.286. The van der Waals surface area contributed by atoms with Crippen LogP contribution in [0.1, 0.15) is 25.3 Å². The molecule has 0 fully saturated rings. The molecule has 0 amide bonds. The van der Waals surface area contributed by atoms with Gasteiger partial charge in [0, 0.05) is 0 Å². The topological polar surface area (TPSA) is 46.5 Å². The summed E-state index contributed by atoms with van der Waals surface area (Å²) in [5.41, 5.74) is 1.03. The van der Waals surface area contributed by atoms with Crippen molar-refractivity contribution in [1.82, 2.24) is 0 Å². The summed E-state index contributed by atoms with van der Waals surface area (Å²) in [4.78, 5) is 10.6. The number of ether oxygens (including phenoxy) is 1. The van der Waals surface area contributed by atoms with Crippen LogP contribution in [0.5, 0.6) is 5.75 Å². The van der Waals surface area contributed by atoms with Crippen LogP contribution < -0.4 is 4.74 Å². The molecule has 0 aliphatic carbocycles. The van der Waals surface area contributed by atoms with Gasteiger partial charge in [0.05, 0.1) is 11.4 Å². The van der Waals surface area contributed by atoms with Crippen LogP contribution >= 0.6 is 11.6 Å². The molecule has 3 nitrogen and oxygen atoms in total. The molecule has 1 aromatic rings. The molecule has 0 radical (unpaired) electrons. The van der Waals surface area contributed by atoms with Gasteiger partial charge >= 0.3 is 5.97 Å². The number of hydrogen-bond acceptors (Lipinski definition) is 2. The summed E-state index contributed by atoms with van der Waals surface area (Å²) in [7, 11) is 0. The van der Waals surface area contributed by atoms with Crippen LogP contribution in [0.25, 0.3) is 0 Å². The molecule has 0 saturated carbocycles. The maximum atomic E-state index is 10.6. The average Bonchev–Trinajstić information content (AvgIpc) is 2.21. The SMILES string of the molecule is CCC(CC(=O)O)Oc1cc(C)ccc1Cl.